The number of hydrogen-bond acceptors (Lipinski definition) is 4. The molecule has 0 amide bonds. The molecule has 0 radical (unpaired) electrons. The first-order valence-electron chi connectivity index (χ1n) is 7.60. The van der Waals surface area contributed by atoms with E-state index in [0.29, 0.717) is 12.3 Å². The Kier molecular flexibility index (Phi) is 3.55. The summed E-state index contributed by atoms with van der Waals surface area (Å²) in [5.41, 5.74) is 1.19. The maximum absolute atomic E-state index is 5.52. The van der Waals surface area contributed by atoms with Gasteiger partial charge >= 0.3 is 0 Å². The highest BCUT2D eigenvalue weighted by molar-refractivity contribution is 9.10. The van der Waals surface area contributed by atoms with Crippen molar-refractivity contribution in [2.45, 2.75) is 31.7 Å². The van der Waals surface area contributed by atoms with Gasteiger partial charge in [0, 0.05) is 10.9 Å². The van der Waals surface area contributed by atoms with Gasteiger partial charge in [-0.1, -0.05) is 39.6 Å². The highest BCUT2D eigenvalue weighted by atomic mass is 79.9. The monoisotopic (exact) mass is 347 g/mol. The third kappa shape index (κ3) is 2.64. The van der Waals surface area contributed by atoms with Crippen molar-refractivity contribution in [3.8, 4) is 0 Å². The molecule has 2 aliphatic rings. The molecule has 4 rings (SSSR count). The van der Waals surface area contributed by atoms with Crippen LogP contribution in [0.5, 0.6) is 0 Å². The van der Waals surface area contributed by atoms with E-state index in [1.54, 1.807) is 0 Å². The van der Waals surface area contributed by atoms with Gasteiger partial charge in [-0.25, -0.2) is 0 Å². The minimum Gasteiger partial charge on any atom is -0.338 e. The van der Waals surface area contributed by atoms with Crippen molar-refractivity contribution in [1.82, 2.24) is 15.5 Å². The molecule has 1 N–H and O–H groups in total. The van der Waals surface area contributed by atoms with E-state index in [0.717, 1.165) is 28.7 Å². The summed E-state index contributed by atoms with van der Waals surface area (Å²) in [4.78, 5) is 4.62. The zero-order chi connectivity index (χ0) is 14.2. The molecule has 1 saturated carbocycles. The standard InChI is InChI=1S/C16H18BrN3O/c17-12-5-1-3-10(7-12)8-14-19-16(21-20-14)15-13-6-2-4-11(13)9-18-15/h1,3,5,7,11,13,15,18H,2,4,6,8-9H2. The van der Waals surface area contributed by atoms with Gasteiger partial charge in [-0.3, -0.25) is 0 Å². The minimum atomic E-state index is 0.265. The van der Waals surface area contributed by atoms with Crippen molar-refractivity contribution in [3.63, 3.8) is 0 Å². The second kappa shape index (κ2) is 5.54. The van der Waals surface area contributed by atoms with Gasteiger partial charge in [0.25, 0.3) is 0 Å². The van der Waals surface area contributed by atoms with Crippen LogP contribution in [-0.4, -0.2) is 16.7 Å². The molecule has 0 spiro atoms. The van der Waals surface area contributed by atoms with Crippen LogP contribution in [0, 0.1) is 11.8 Å². The molecular formula is C16H18BrN3O. The molecule has 1 aliphatic heterocycles. The lowest BCUT2D eigenvalue weighted by Crippen LogP contribution is -2.18. The van der Waals surface area contributed by atoms with Gasteiger partial charge in [-0.2, -0.15) is 4.98 Å². The third-order valence-corrected chi connectivity index (χ3v) is 5.24. The highest BCUT2D eigenvalue weighted by Gasteiger charge is 2.42. The Hall–Kier alpha value is -1.20. The summed E-state index contributed by atoms with van der Waals surface area (Å²) in [7, 11) is 0. The molecule has 1 saturated heterocycles. The Labute approximate surface area is 132 Å². The number of hydrogen-bond donors (Lipinski definition) is 1. The number of aromatic nitrogens is 2. The van der Waals surface area contributed by atoms with Gasteiger partial charge in [-0.15, -0.1) is 0 Å². The Morgan fingerprint density at radius 3 is 3.19 bits per heavy atom. The van der Waals surface area contributed by atoms with Crippen molar-refractivity contribution in [2.24, 2.45) is 11.8 Å². The van der Waals surface area contributed by atoms with E-state index in [1.807, 2.05) is 12.1 Å². The fraction of sp³-hybridized carbons (Fsp3) is 0.500. The van der Waals surface area contributed by atoms with Crippen molar-refractivity contribution in [2.75, 3.05) is 6.54 Å². The topological polar surface area (TPSA) is 51.0 Å². The third-order valence-electron chi connectivity index (χ3n) is 4.75. The van der Waals surface area contributed by atoms with Crippen LogP contribution in [0.2, 0.25) is 0 Å². The smallest absolute Gasteiger partial charge is 0.244 e. The van der Waals surface area contributed by atoms with E-state index in [2.05, 4.69) is 43.5 Å². The molecular weight excluding hydrogens is 330 g/mol. The normalized spacial score (nSPS) is 28.0. The predicted molar refractivity (Wildman–Crippen MR) is 82.8 cm³/mol. The predicted octanol–water partition coefficient (Wildman–Crippen LogP) is 3.48. The molecule has 4 nitrogen and oxygen atoms in total. The molecule has 0 bridgehead atoms. The summed E-state index contributed by atoms with van der Waals surface area (Å²) < 4.78 is 6.60. The number of halogens is 1. The summed E-state index contributed by atoms with van der Waals surface area (Å²) in [5.74, 6) is 3.03. The van der Waals surface area contributed by atoms with E-state index in [1.165, 1.54) is 24.8 Å². The fourth-order valence-corrected chi connectivity index (χ4v) is 4.20. The van der Waals surface area contributed by atoms with Crippen molar-refractivity contribution < 1.29 is 4.52 Å². The first kappa shape index (κ1) is 13.5. The lowest BCUT2D eigenvalue weighted by Gasteiger charge is -2.13. The Morgan fingerprint density at radius 2 is 2.29 bits per heavy atom. The van der Waals surface area contributed by atoms with E-state index < -0.39 is 0 Å². The van der Waals surface area contributed by atoms with Gasteiger partial charge < -0.3 is 9.84 Å². The Morgan fingerprint density at radius 1 is 1.33 bits per heavy atom. The lowest BCUT2D eigenvalue weighted by atomic mass is 9.94. The van der Waals surface area contributed by atoms with Crippen LogP contribution >= 0.6 is 15.9 Å². The zero-order valence-electron chi connectivity index (χ0n) is 11.8. The van der Waals surface area contributed by atoms with E-state index in [4.69, 9.17) is 4.52 Å². The van der Waals surface area contributed by atoms with E-state index in [9.17, 15) is 0 Å². The van der Waals surface area contributed by atoms with Crippen molar-refractivity contribution in [1.29, 1.82) is 0 Å². The molecule has 2 heterocycles. The largest absolute Gasteiger partial charge is 0.338 e. The quantitative estimate of drug-likeness (QED) is 0.923. The number of nitrogens with one attached hydrogen (secondary N) is 1. The van der Waals surface area contributed by atoms with Crippen LogP contribution in [0.15, 0.2) is 33.3 Å². The number of rotatable bonds is 3. The van der Waals surface area contributed by atoms with Crippen LogP contribution < -0.4 is 5.32 Å². The first-order chi connectivity index (χ1) is 10.3. The van der Waals surface area contributed by atoms with Gasteiger partial charge in [0.2, 0.25) is 5.89 Å². The van der Waals surface area contributed by atoms with Gasteiger partial charge in [0.15, 0.2) is 5.82 Å². The lowest BCUT2D eigenvalue weighted by molar-refractivity contribution is 0.301. The van der Waals surface area contributed by atoms with Crippen LogP contribution in [0.4, 0.5) is 0 Å². The summed E-state index contributed by atoms with van der Waals surface area (Å²) in [6, 6.07) is 8.50. The Bertz CT molecular complexity index is 642. The number of benzene rings is 1. The molecule has 5 heteroatoms. The van der Waals surface area contributed by atoms with Crippen LogP contribution in [0.25, 0.3) is 0 Å². The summed E-state index contributed by atoms with van der Waals surface area (Å²) in [5, 5.41) is 7.72. The average molecular weight is 348 g/mol. The van der Waals surface area contributed by atoms with Crippen molar-refractivity contribution in [3.05, 3.63) is 46.0 Å². The fourth-order valence-electron chi connectivity index (χ4n) is 3.75. The van der Waals surface area contributed by atoms with Gasteiger partial charge in [-0.05, 0) is 48.9 Å². The average Bonchev–Trinajstić information content (AvgIpc) is 3.14. The van der Waals surface area contributed by atoms with E-state index >= 15 is 0 Å². The number of nitrogens with zero attached hydrogens (tertiary/aromatic N) is 2. The highest BCUT2D eigenvalue weighted by Crippen LogP contribution is 2.43. The molecule has 1 aliphatic carbocycles. The molecule has 1 aromatic carbocycles. The van der Waals surface area contributed by atoms with Gasteiger partial charge in [0.05, 0.1) is 6.04 Å². The summed E-state index contributed by atoms with van der Waals surface area (Å²) in [6.07, 6.45) is 4.68. The Balaban J connectivity index is 1.51. The minimum absolute atomic E-state index is 0.265. The van der Waals surface area contributed by atoms with Crippen LogP contribution in [0.3, 0.4) is 0 Å². The first-order valence-corrected chi connectivity index (χ1v) is 8.39. The SMILES string of the molecule is Brc1cccc(Cc2noc(C3NCC4CCCC43)n2)c1. The van der Waals surface area contributed by atoms with Crippen LogP contribution in [-0.2, 0) is 6.42 Å². The molecule has 21 heavy (non-hydrogen) atoms. The summed E-state index contributed by atoms with van der Waals surface area (Å²) in [6.45, 7) is 1.10. The molecule has 2 fully saturated rings. The van der Waals surface area contributed by atoms with Crippen molar-refractivity contribution >= 4 is 15.9 Å². The molecule has 2 aromatic rings. The molecule has 1 aromatic heterocycles. The molecule has 3 unspecified atom stereocenters. The maximum atomic E-state index is 5.52. The molecule has 3 atom stereocenters. The second-order valence-electron chi connectivity index (χ2n) is 6.10. The zero-order valence-corrected chi connectivity index (χ0v) is 13.3. The van der Waals surface area contributed by atoms with Crippen LogP contribution in [0.1, 0.15) is 42.6 Å². The maximum Gasteiger partial charge on any atom is 0.244 e. The number of fused-ring (bicyclic) bond motifs is 1. The summed E-state index contributed by atoms with van der Waals surface area (Å²) >= 11 is 3.49. The van der Waals surface area contributed by atoms with Gasteiger partial charge in [0.1, 0.15) is 0 Å². The second-order valence-corrected chi connectivity index (χ2v) is 7.01. The van der Waals surface area contributed by atoms with E-state index in [-0.39, 0.29) is 6.04 Å². The molecule has 110 valence electrons.